The molecule has 0 unspecified atom stereocenters. The molecule has 0 aromatic heterocycles. The maximum Gasteiger partial charge on any atom is 0.343 e. The zero-order valence-corrected chi connectivity index (χ0v) is 36.0. The van der Waals surface area contributed by atoms with Crippen molar-refractivity contribution in [1.82, 2.24) is 0 Å². The third-order valence-electron chi connectivity index (χ3n) is 9.70. The molecule has 3 rings (SSSR count). The molecule has 0 saturated carbocycles. The van der Waals surface area contributed by atoms with Gasteiger partial charge < -0.3 is 28.4 Å². The molecule has 10 heteroatoms. The van der Waals surface area contributed by atoms with Crippen LogP contribution in [0.3, 0.4) is 0 Å². The van der Waals surface area contributed by atoms with Gasteiger partial charge in [-0.25, -0.2) is 19.2 Å². The minimum absolute atomic E-state index is 0.308. The maximum absolute atomic E-state index is 12.7. The first-order chi connectivity index (χ1) is 29.1. The van der Waals surface area contributed by atoms with Gasteiger partial charge >= 0.3 is 23.9 Å². The van der Waals surface area contributed by atoms with E-state index in [0.29, 0.717) is 71.7 Å². The summed E-state index contributed by atoms with van der Waals surface area (Å²) in [5.41, 5.74) is 1.68. The van der Waals surface area contributed by atoms with E-state index in [2.05, 4.69) is 13.2 Å². The topological polar surface area (TPSA) is 124 Å². The Balaban J connectivity index is 1.20. The van der Waals surface area contributed by atoms with E-state index in [1.165, 1.54) is 51.4 Å². The molecule has 0 spiro atoms. The highest BCUT2D eigenvalue weighted by Gasteiger charge is 2.12. The molecule has 0 aliphatic carbocycles. The van der Waals surface area contributed by atoms with E-state index < -0.39 is 11.9 Å². The molecule has 3 aromatic carbocycles. The number of unbranched alkanes of at least 4 members (excludes halogenated alkanes) is 16. The predicted molar refractivity (Wildman–Crippen MR) is 235 cm³/mol. The molecule has 3 aromatic rings. The summed E-state index contributed by atoms with van der Waals surface area (Å²) in [7, 11) is 0. The highest BCUT2D eigenvalue weighted by atomic mass is 16.5. The number of carbonyl (C=O) groups is 4. The molecule has 0 amide bonds. The van der Waals surface area contributed by atoms with E-state index in [1.54, 1.807) is 86.6 Å². The summed E-state index contributed by atoms with van der Waals surface area (Å²) in [4.78, 5) is 48.2. The Bertz CT molecular complexity index is 1600. The molecule has 0 bridgehead atoms. The number of ether oxygens (including phenoxy) is 6. The van der Waals surface area contributed by atoms with Crippen LogP contribution in [0.25, 0.3) is 0 Å². The summed E-state index contributed by atoms with van der Waals surface area (Å²) in [5.74, 6) is 0.447. The van der Waals surface area contributed by atoms with Crippen LogP contribution in [0.2, 0.25) is 0 Å². The van der Waals surface area contributed by atoms with E-state index in [1.807, 2.05) is 0 Å². The van der Waals surface area contributed by atoms with Crippen molar-refractivity contribution in [3.8, 4) is 23.0 Å². The monoisotopic (exact) mass is 826 g/mol. The van der Waals surface area contributed by atoms with Gasteiger partial charge in [0, 0.05) is 11.1 Å². The van der Waals surface area contributed by atoms with Crippen LogP contribution < -0.4 is 18.9 Å². The van der Waals surface area contributed by atoms with Gasteiger partial charge in [-0.05, 0) is 112 Å². The molecule has 0 atom stereocenters. The van der Waals surface area contributed by atoms with Crippen molar-refractivity contribution in [3.05, 3.63) is 108 Å². The van der Waals surface area contributed by atoms with E-state index in [0.717, 1.165) is 64.2 Å². The molecule has 0 aliphatic heterocycles. The highest BCUT2D eigenvalue weighted by molar-refractivity contribution is 5.92. The number of hydrogen-bond donors (Lipinski definition) is 0. The summed E-state index contributed by atoms with van der Waals surface area (Å²) < 4.78 is 33.0. The SMILES string of the molecule is C=C(C)C(=O)OCCCCCCCCCCCOc1ccc(C(=O)Oc2ccc(OC(=O)c3ccc(OCCCCCCCCCCCOC(=O)C(=C)C)cc3)cc2)cc1. The van der Waals surface area contributed by atoms with Crippen LogP contribution in [-0.4, -0.2) is 50.3 Å². The molecule has 0 aliphatic rings. The third-order valence-corrected chi connectivity index (χ3v) is 9.70. The van der Waals surface area contributed by atoms with Crippen molar-refractivity contribution in [2.24, 2.45) is 0 Å². The fourth-order valence-corrected chi connectivity index (χ4v) is 6.12. The fraction of sp³-hybridized carbons (Fsp3) is 0.480. The van der Waals surface area contributed by atoms with Crippen LogP contribution in [0.4, 0.5) is 0 Å². The molecule has 326 valence electrons. The molecule has 60 heavy (non-hydrogen) atoms. The Kier molecular flexibility index (Phi) is 24.3. The zero-order valence-electron chi connectivity index (χ0n) is 36.0. The van der Waals surface area contributed by atoms with E-state index in [9.17, 15) is 19.2 Å². The van der Waals surface area contributed by atoms with Crippen molar-refractivity contribution >= 4 is 23.9 Å². The average Bonchev–Trinajstić information content (AvgIpc) is 3.24. The van der Waals surface area contributed by atoms with Gasteiger partial charge in [0.1, 0.15) is 23.0 Å². The second-order valence-corrected chi connectivity index (χ2v) is 15.2. The maximum atomic E-state index is 12.7. The van der Waals surface area contributed by atoms with E-state index in [-0.39, 0.29) is 11.9 Å². The second kappa shape index (κ2) is 29.8. The Morgan fingerprint density at radius 3 is 0.900 bits per heavy atom. The van der Waals surface area contributed by atoms with Crippen molar-refractivity contribution in [2.45, 2.75) is 129 Å². The number of carbonyl (C=O) groups excluding carboxylic acids is 4. The first-order valence-corrected chi connectivity index (χ1v) is 21.8. The van der Waals surface area contributed by atoms with Gasteiger partial charge in [0.25, 0.3) is 0 Å². The smallest absolute Gasteiger partial charge is 0.343 e. The van der Waals surface area contributed by atoms with Crippen LogP contribution in [0, 0.1) is 0 Å². The van der Waals surface area contributed by atoms with Crippen LogP contribution >= 0.6 is 0 Å². The normalized spacial score (nSPS) is 10.7. The van der Waals surface area contributed by atoms with Gasteiger partial charge in [-0.2, -0.15) is 0 Å². The van der Waals surface area contributed by atoms with Gasteiger partial charge in [-0.3, -0.25) is 0 Å². The molecular formula is C50H66O10. The van der Waals surface area contributed by atoms with E-state index in [4.69, 9.17) is 28.4 Å². The number of rotatable bonds is 32. The minimum atomic E-state index is -0.500. The lowest BCUT2D eigenvalue weighted by Gasteiger charge is -2.09. The first kappa shape index (κ1) is 49.0. The summed E-state index contributed by atoms with van der Waals surface area (Å²) >= 11 is 0. The molecule has 10 nitrogen and oxygen atoms in total. The fourth-order valence-electron chi connectivity index (χ4n) is 6.12. The lowest BCUT2D eigenvalue weighted by Crippen LogP contribution is -2.09. The molecule has 0 heterocycles. The standard InChI is InChI=1S/C50H66O10/c1-39(2)47(51)57-37-21-17-13-9-5-7-11-15-19-35-55-43-27-23-41(24-28-43)49(53)59-45-31-33-46(34-32-45)60-50(54)42-25-29-44(30-26-42)56-36-20-16-12-8-6-10-14-18-22-38-58-48(52)40(3)4/h23-34H,1,3,5-22,35-38H2,2,4H3. The summed E-state index contributed by atoms with van der Waals surface area (Å²) in [5, 5.41) is 0. The first-order valence-electron chi connectivity index (χ1n) is 21.8. The Morgan fingerprint density at radius 2 is 0.617 bits per heavy atom. The molecule has 0 radical (unpaired) electrons. The molecule has 0 N–H and O–H groups in total. The zero-order chi connectivity index (χ0) is 43.2. The summed E-state index contributed by atoms with van der Waals surface area (Å²) in [6, 6.07) is 20.1. The van der Waals surface area contributed by atoms with Crippen LogP contribution in [-0.2, 0) is 19.1 Å². The minimum Gasteiger partial charge on any atom is -0.494 e. The molecule has 0 saturated heterocycles. The quantitative estimate of drug-likeness (QED) is 0.0260. The van der Waals surface area contributed by atoms with Gasteiger partial charge in [0.15, 0.2) is 0 Å². The lowest BCUT2D eigenvalue weighted by atomic mass is 10.1. The largest absolute Gasteiger partial charge is 0.494 e. The van der Waals surface area contributed by atoms with Gasteiger partial charge in [-0.1, -0.05) is 103 Å². The van der Waals surface area contributed by atoms with Crippen molar-refractivity contribution in [1.29, 1.82) is 0 Å². The number of hydrogen-bond acceptors (Lipinski definition) is 10. The third kappa shape index (κ3) is 21.6. The molecular weight excluding hydrogens is 761 g/mol. The van der Waals surface area contributed by atoms with Gasteiger partial charge in [0.2, 0.25) is 0 Å². The molecule has 0 fully saturated rings. The summed E-state index contributed by atoms with van der Waals surface area (Å²) in [6.45, 7) is 12.7. The Morgan fingerprint density at radius 1 is 0.367 bits per heavy atom. The van der Waals surface area contributed by atoms with Crippen LogP contribution in [0.15, 0.2) is 97.1 Å². The lowest BCUT2D eigenvalue weighted by molar-refractivity contribution is -0.139. The van der Waals surface area contributed by atoms with Crippen LogP contribution in [0.1, 0.15) is 150 Å². The van der Waals surface area contributed by atoms with Crippen molar-refractivity contribution in [2.75, 3.05) is 26.4 Å². The Hall–Kier alpha value is -5.38. The second-order valence-electron chi connectivity index (χ2n) is 15.2. The van der Waals surface area contributed by atoms with E-state index >= 15 is 0 Å². The van der Waals surface area contributed by atoms with Crippen molar-refractivity contribution in [3.63, 3.8) is 0 Å². The van der Waals surface area contributed by atoms with Gasteiger partial charge in [-0.15, -0.1) is 0 Å². The Labute approximate surface area is 357 Å². The number of benzene rings is 3. The van der Waals surface area contributed by atoms with Crippen molar-refractivity contribution < 1.29 is 47.6 Å². The summed E-state index contributed by atoms with van der Waals surface area (Å²) in [6.07, 6.45) is 19.9. The predicted octanol–water partition coefficient (Wildman–Crippen LogP) is 12.1. The van der Waals surface area contributed by atoms with Crippen LogP contribution in [0.5, 0.6) is 23.0 Å². The highest BCUT2D eigenvalue weighted by Crippen LogP contribution is 2.22. The number of esters is 4. The van der Waals surface area contributed by atoms with Gasteiger partial charge in [0.05, 0.1) is 37.6 Å². The average molecular weight is 827 g/mol.